The Morgan fingerprint density at radius 3 is 2.31 bits per heavy atom. The van der Waals surface area contributed by atoms with Gasteiger partial charge in [-0.3, -0.25) is 19.9 Å². The lowest BCUT2D eigenvalue weighted by molar-refractivity contribution is -0.385. The van der Waals surface area contributed by atoms with E-state index in [1.807, 2.05) is 36.4 Å². The van der Waals surface area contributed by atoms with E-state index in [-0.39, 0.29) is 17.2 Å². The molecule has 0 radical (unpaired) electrons. The van der Waals surface area contributed by atoms with Crippen LogP contribution in [-0.2, 0) is 19.5 Å². The van der Waals surface area contributed by atoms with Crippen LogP contribution in [-0.4, -0.2) is 20.7 Å². The van der Waals surface area contributed by atoms with Crippen LogP contribution in [0.3, 0.4) is 0 Å². The number of pyridine rings is 1. The van der Waals surface area contributed by atoms with Crippen molar-refractivity contribution in [1.82, 2.24) is 9.88 Å². The molecule has 148 valence electrons. The number of nitrogens with zero attached hydrogens (tertiary/aromatic N) is 3. The van der Waals surface area contributed by atoms with Gasteiger partial charge in [0.25, 0.3) is 11.6 Å². The van der Waals surface area contributed by atoms with Gasteiger partial charge >= 0.3 is 0 Å². The SMILES string of the molecule is CCc1ccc(CN(Cc2cccnc2)C(=O)c2cccc(C)c2[N+](=O)[O-])cc1. The topological polar surface area (TPSA) is 76.3 Å². The summed E-state index contributed by atoms with van der Waals surface area (Å²) in [4.78, 5) is 30.2. The number of para-hydroxylation sites is 1. The Bertz CT molecular complexity index is 1000. The summed E-state index contributed by atoms with van der Waals surface area (Å²) < 4.78 is 0. The summed E-state index contributed by atoms with van der Waals surface area (Å²) in [5.41, 5.74) is 3.47. The minimum atomic E-state index is -0.485. The third-order valence-corrected chi connectivity index (χ3v) is 4.84. The zero-order valence-electron chi connectivity index (χ0n) is 16.5. The second kappa shape index (κ2) is 9.10. The van der Waals surface area contributed by atoms with E-state index in [2.05, 4.69) is 11.9 Å². The van der Waals surface area contributed by atoms with Crippen LogP contribution in [0.5, 0.6) is 0 Å². The van der Waals surface area contributed by atoms with Crippen LogP contribution in [0.25, 0.3) is 0 Å². The lowest BCUT2D eigenvalue weighted by Gasteiger charge is -2.23. The molecule has 1 aromatic heterocycles. The minimum Gasteiger partial charge on any atom is -0.330 e. The van der Waals surface area contributed by atoms with Crippen molar-refractivity contribution in [3.8, 4) is 0 Å². The fourth-order valence-corrected chi connectivity index (χ4v) is 3.26. The van der Waals surface area contributed by atoms with Gasteiger partial charge in [-0.1, -0.05) is 49.4 Å². The summed E-state index contributed by atoms with van der Waals surface area (Å²) >= 11 is 0. The third-order valence-electron chi connectivity index (χ3n) is 4.84. The van der Waals surface area contributed by atoms with Crippen molar-refractivity contribution in [3.05, 3.63) is 105 Å². The first-order chi connectivity index (χ1) is 14.0. The fourth-order valence-electron chi connectivity index (χ4n) is 3.26. The fraction of sp³-hybridized carbons (Fsp3) is 0.217. The largest absolute Gasteiger partial charge is 0.330 e. The molecule has 0 atom stereocenters. The minimum absolute atomic E-state index is 0.101. The first-order valence-electron chi connectivity index (χ1n) is 9.49. The van der Waals surface area contributed by atoms with Crippen LogP contribution in [0.1, 0.15) is 39.5 Å². The highest BCUT2D eigenvalue weighted by atomic mass is 16.6. The van der Waals surface area contributed by atoms with E-state index in [0.717, 1.165) is 17.5 Å². The molecule has 0 N–H and O–H groups in total. The molecule has 29 heavy (non-hydrogen) atoms. The van der Waals surface area contributed by atoms with Crippen molar-refractivity contribution in [2.75, 3.05) is 0 Å². The molecule has 0 spiro atoms. The molecule has 0 bridgehead atoms. The second-order valence-corrected chi connectivity index (χ2v) is 6.92. The van der Waals surface area contributed by atoms with Crippen LogP contribution in [0.15, 0.2) is 67.0 Å². The van der Waals surface area contributed by atoms with Gasteiger partial charge in [0.15, 0.2) is 0 Å². The summed E-state index contributed by atoms with van der Waals surface area (Å²) in [6, 6.07) is 16.6. The van der Waals surface area contributed by atoms with Gasteiger partial charge in [0.1, 0.15) is 5.56 Å². The number of rotatable bonds is 7. The number of benzene rings is 2. The highest BCUT2D eigenvalue weighted by Crippen LogP contribution is 2.26. The summed E-state index contributed by atoms with van der Waals surface area (Å²) in [5, 5.41) is 11.6. The Morgan fingerprint density at radius 1 is 1.00 bits per heavy atom. The van der Waals surface area contributed by atoms with Gasteiger partial charge in [-0.2, -0.15) is 0 Å². The van der Waals surface area contributed by atoms with E-state index >= 15 is 0 Å². The van der Waals surface area contributed by atoms with E-state index in [9.17, 15) is 14.9 Å². The molecule has 3 aromatic rings. The van der Waals surface area contributed by atoms with Gasteiger partial charge in [0.05, 0.1) is 4.92 Å². The molecule has 3 rings (SSSR count). The van der Waals surface area contributed by atoms with E-state index in [1.165, 1.54) is 11.6 Å². The van der Waals surface area contributed by atoms with Crippen molar-refractivity contribution < 1.29 is 9.72 Å². The van der Waals surface area contributed by atoms with E-state index < -0.39 is 4.92 Å². The maximum absolute atomic E-state index is 13.4. The van der Waals surface area contributed by atoms with Crippen molar-refractivity contribution in [2.24, 2.45) is 0 Å². The monoisotopic (exact) mass is 389 g/mol. The van der Waals surface area contributed by atoms with Crippen molar-refractivity contribution in [1.29, 1.82) is 0 Å². The molecular weight excluding hydrogens is 366 g/mol. The quantitative estimate of drug-likeness (QED) is 0.433. The van der Waals surface area contributed by atoms with E-state index in [4.69, 9.17) is 0 Å². The lowest BCUT2D eigenvalue weighted by Crippen LogP contribution is -2.30. The predicted molar refractivity (Wildman–Crippen MR) is 111 cm³/mol. The number of hydrogen-bond acceptors (Lipinski definition) is 4. The van der Waals surface area contributed by atoms with Crippen molar-refractivity contribution in [3.63, 3.8) is 0 Å². The van der Waals surface area contributed by atoms with E-state index in [1.54, 1.807) is 36.4 Å². The maximum Gasteiger partial charge on any atom is 0.285 e. The molecule has 1 amide bonds. The van der Waals surface area contributed by atoms with Gasteiger partial charge in [-0.15, -0.1) is 0 Å². The van der Waals surface area contributed by atoms with Crippen LogP contribution in [0, 0.1) is 17.0 Å². The molecule has 0 saturated carbocycles. The normalized spacial score (nSPS) is 10.6. The summed E-state index contributed by atoms with van der Waals surface area (Å²) in [5.74, 6) is -0.371. The highest BCUT2D eigenvalue weighted by Gasteiger charge is 2.26. The van der Waals surface area contributed by atoms with Gasteiger partial charge in [-0.25, -0.2) is 0 Å². The number of nitro benzene ring substituents is 1. The zero-order chi connectivity index (χ0) is 20.8. The van der Waals surface area contributed by atoms with Crippen LogP contribution in [0.2, 0.25) is 0 Å². The average Bonchev–Trinajstić information content (AvgIpc) is 2.73. The maximum atomic E-state index is 13.4. The van der Waals surface area contributed by atoms with Crippen molar-refractivity contribution >= 4 is 11.6 Å². The highest BCUT2D eigenvalue weighted by molar-refractivity contribution is 5.98. The predicted octanol–water partition coefficient (Wildman–Crippen LogP) is 4.70. The Hall–Kier alpha value is -3.54. The number of aromatic nitrogens is 1. The Balaban J connectivity index is 1.96. The first kappa shape index (κ1) is 20.2. The molecule has 0 fully saturated rings. The molecule has 0 saturated heterocycles. The summed E-state index contributed by atoms with van der Waals surface area (Å²) in [7, 11) is 0. The third kappa shape index (κ3) is 4.85. The molecule has 6 heteroatoms. The van der Waals surface area contributed by atoms with Crippen LogP contribution >= 0.6 is 0 Å². The van der Waals surface area contributed by atoms with Gasteiger partial charge < -0.3 is 4.90 Å². The molecule has 2 aromatic carbocycles. The van der Waals surface area contributed by atoms with Gasteiger partial charge in [0, 0.05) is 31.0 Å². The number of carbonyl (C=O) groups excluding carboxylic acids is 1. The Kier molecular flexibility index (Phi) is 6.34. The number of amides is 1. The molecule has 0 aliphatic carbocycles. The lowest BCUT2D eigenvalue weighted by atomic mass is 10.1. The standard InChI is InChI=1S/C23H23N3O3/c1-3-18-9-11-19(12-10-18)15-25(16-20-7-5-13-24-14-20)23(27)21-8-4-6-17(2)22(21)26(28)29/h4-14H,3,15-16H2,1-2H3. The number of carbonyl (C=O) groups is 1. The molecule has 0 aliphatic heterocycles. The summed E-state index contributed by atoms with van der Waals surface area (Å²) in [6.07, 6.45) is 4.31. The molecular formula is C23H23N3O3. The van der Waals surface area contributed by atoms with Crippen molar-refractivity contribution in [2.45, 2.75) is 33.4 Å². The van der Waals surface area contributed by atoms with Crippen LogP contribution < -0.4 is 0 Å². The number of aryl methyl sites for hydroxylation is 2. The smallest absolute Gasteiger partial charge is 0.285 e. The number of hydrogen-bond donors (Lipinski definition) is 0. The van der Waals surface area contributed by atoms with Gasteiger partial charge in [-0.05, 0) is 42.2 Å². The molecule has 0 aliphatic rings. The Labute approximate surface area is 170 Å². The molecule has 1 heterocycles. The average molecular weight is 389 g/mol. The molecule has 6 nitrogen and oxygen atoms in total. The van der Waals surface area contributed by atoms with E-state index in [0.29, 0.717) is 18.7 Å². The summed E-state index contributed by atoms with van der Waals surface area (Å²) in [6.45, 7) is 4.39. The zero-order valence-corrected chi connectivity index (χ0v) is 16.5. The second-order valence-electron chi connectivity index (χ2n) is 6.92. The number of nitro groups is 1. The first-order valence-corrected chi connectivity index (χ1v) is 9.49. The van der Waals surface area contributed by atoms with Crippen LogP contribution in [0.4, 0.5) is 5.69 Å². The molecule has 0 unspecified atom stereocenters. The van der Waals surface area contributed by atoms with Gasteiger partial charge in [0.2, 0.25) is 0 Å². The Morgan fingerprint density at radius 2 is 1.69 bits per heavy atom.